The summed E-state index contributed by atoms with van der Waals surface area (Å²) in [6, 6.07) is 0. The third-order valence-electron chi connectivity index (χ3n) is 3.61. The van der Waals surface area contributed by atoms with Crippen LogP contribution >= 0.6 is 0 Å². The zero-order valence-corrected chi connectivity index (χ0v) is 14.8. The van der Waals surface area contributed by atoms with Gasteiger partial charge in [0.05, 0.1) is 16.3 Å². The molecule has 0 fully saturated rings. The van der Waals surface area contributed by atoms with Crippen LogP contribution in [0.1, 0.15) is 71.1 Å². The summed E-state index contributed by atoms with van der Waals surface area (Å²) < 4.78 is 0. The maximum absolute atomic E-state index is 11.1. The molecule has 0 aromatic rings. The molecule has 139 valence electrons. The molecule has 0 aliphatic carbocycles. The summed E-state index contributed by atoms with van der Waals surface area (Å²) in [6.07, 6.45) is 14.6. The van der Waals surface area contributed by atoms with Gasteiger partial charge in [0.25, 0.3) is 0 Å². The second kappa shape index (κ2) is 15.2. The quantitative estimate of drug-likeness (QED) is 0.181. The summed E-state index contributed by atoms with van der Waals surface area (Å²) in [4.78, 5) is 31.1. The molecule has 0 unspecified atom stereocenters. The van der Waals surface area contributed by atoms with Crippen molar-refractivity contribution in [2.45, 2.75) is 71.1 Å². The average Bonchev–Trinajstić information content (AvgIpc) is 2.57. The van der Waals surface area contributed by atoms with E-state index in [0.717, 1.165) is 19.3 Å². The first-order valence-corrected chi connectivity index (χ1v) is 8.69. The van der Waals surface area contributed by atoms with Crippen molar-refractivity contribution in [3.05, 3.63) is 55.9 Å². The summed E-state index contributed by atoms with van der Waals surface area (Å²) in [7, 11) is 0. The van der Waals surface area contributed by atoms with E-state index in [1.807, 2.05) is 12.2 Å². The van der Waals surface area contributed by atoms with Crippen LogP contribution in [0, 0.1) is 20.2 Å². The van der Waals surface area contributed by atoms with Crippen molar-refractivity contribution in [3.63, 3.8) is 0 Å². The number of hydrogen-bond acceptors (Lipinski definition) is 5. The number of hydrogen-bond donors (Lipinski definition) is 0. The van der Waals surface area contributed by atoms with Crippen molar-refractivity contribution >= 4 is 6.29 Å². The first-order chi connectivity index (χ1) is 12.0. The van der Waals surface area contributed by atoms with E-state index < -0.39 is 9.85 Å². The number of allylic oxidation sites excluding steroid dienone is 5. The first kappa shape index (κ1) is 22.7. The fourth-order valence-electron chi connectivity index (χ4n) is 2.16. The van der Waals surface area contributed by atoms with Crippen LogP contribution in [0.2, 0.25) is 0 Å². The summed E-state index contributed by atoms with van der Waals surface area (Å²) in [5.41, 5.74) is -0.0902. The van der Waals surface area contributed by atoms with Gasteiger partial charge in [-0.3, -0.25) is 25.0 Å². The Balaban J connectivity index is 4.58. The lowest BCUT2D eigenvalue weighted by molar-refractivity contribution is -0.432. The van der Waals surface area contributed by atoms with Crippen LogP contribution in [-0.4, -0.2) is 16.1 Å². The highest BCUT2D eigenvalue weighted by atomic mass is 16.6. The maximum atomic E-state index is 11.1. The van der Waals surface area contributed by atoms with E-state index in [2.05, 4.69) is 6.92 Å². The monoisotopic (exact) mass is 351 g/mol. The van der Waals surface area contributed by atoms with Gasteiger partial charge in [0.1, 0.15) is 0 Å². The van der Waals surface area contributed by atoms with Gasteiger partial charge in [0.15, 0.2) is 6.29 Å². The van der Waals surface area contributed by atoms with Gasteiger partial charge in [-0.1, -0.05) is 31.9 Å². The predicted octanol–water partition coefficient (Wildman–Crippen LogP) is 4.89. The van der Waals surface area contributed by atoms with Gasteiger partial charge in [-0.15, -0.1) is 0 Å². The third kappa shape index (κ3) is 12.7. The molecule has 7 heteroatoms. The molecule has 0 atom stereocenters. The van der Waals surface area contributed by atoms with Crippen molar-refractivity contribution in [3.8, 4) is 0 Å². The van der Waals surface area contributed by atoms with Gasteiger partial charge in [0, 0.05) is 12.8 Å². The van der Waals surface area contributed by atoms with E-state index in [4.69, 9.17) is 0 Å². The number of nitro groups is 2. The van der Waals surface area contributed by atoms with Gasteiger partial charge in [0.2, 0.25) is 11.4 Å². The highest BCUT2D eigenvalue weighted by molar-refractivity contribution is 5.50. The van der Waals surface area contributed by atoms with Crippen LogP contribution in [0.3, 0.4) is 0 Å². The molecule has 0 N–H and O–H groups in total. The lowest BCUT2D eigenvalue weighted by Gasteiger charge is -1.98. The molecule has 0 spiro atoms. The average molecular weight is 351 g/mol. The second-order valence-corrected chi connectivity index (χ2v) is 5.66. The number of unbranched alkanes of at least 4 members (excludes halogenated alkanes) is 5. The molecule has 25 heavy (non-hydrogen) atoms. The fraction of sp³-hybridized carbons (Fsp3) is 0.611. The van der Waals surface area contributed by atoms with E-state index in [9.17, 15) is 25.0 Å². The molecule has 0 aromatic heterocycles. The van der Waals surface area contributed by atoms with Crippen molar-refractivity contribution in [1.82, 2.24) is 0 Å². The number of carbonyl (C=O) groups excluding carboxylic acids is 1. The molecule has 0 aliphatic heterocycles. The Morgan fingerprint density at radius 2 is 1.68 bits per heavy atom. The third-order valence-corrected chi connectivity index (χ3v) is 3.61. The topological polar surface area (TPSA) is 103 Å². The summed E-state index contributed by atoms with van der Waals surface area (Å²) in [6.45, 7) is 2.13. The van der Waals surface area contributed by atoms with Crippen LogP contribution in [0.5, 0.6) is 0 Å². The maximum Gasteiger partial charge on any atom is 0.246 e. The molecule has 0 rings (SSSR count). The molecule has 0 saturated heterocycles. The van der Waals surface area contributed by atoms with E-state index in [0.29, 0.717) is 19.3 Å². The normalized spacial score (nSPS) is 12.5. The molecule has 0 heterocycles. The molecule has 0 aliphatic rings. The Morgan fingerprint density at radius 1 is 0.960 bits per heavy atom. The van der Waals surface area contributed by atoms with E-state index in [-0.39, 0.29) is 30.7 Å². The minimum atomic E-state index is -0.518. The lowest BCUT2D eigenvalue weighted by Crippen LogP contribution is -2.02. The van der Waals surface area contributed by atoms with E-state index in [1.165, 1.54) is 18.6 Å². The molecular formula is C18H27N2O5. The standard InChI is InChI=1S/C18H27N2O5/c1-2-3-4-5-6-7-9-12-17(19(22)23)14-15-18(20(24)25)13-10-8-11-16-21/h6-7,12,15H,2-5,8-11,13-14H2,1H3/b7-6+,17-12-,18-15-. The van der Waals surface area contributed by atoms with Gasteiger partial charge >= 0.3 is 0 Å². The SMILES string of the molecule is CCCCC/C=C/C/C=C(/C/C=C(/CCCC[C]=O)[N+](=O)[O-])[N+](=O)[O-]. The Hall–Kier alpha value is -2.31. The minimum Gasteiger partial charge on any atom is -0.291 e. The summed E-state index contributed by atoms with van der Waals surface area (Å²) in [5, 5.41) is 22.0. The highest BCUT2D eigenvalue weighted by Gasteiger charge is 2.14. The van der Waals surface area contributed by atoms with Gasteiger partial charge in [-0.2, -0.15) is 0 Å². The second-order valence-electron chi connectivity index (χ2n) is 5.66. The largest absolute Gasteiger partial charge is 0.291 e. The van der Waals surface area contributed by atoms with Crippen LogP contribution in [-0.2, 0) is 4.79 Å². The van der Waals surface area contributed by atoms with Crippen LogP contribution in [0.15, 0.2) is 35.7 Å². The zero-order chi connectivity index (χ0) is 18.9. The fourth-order valence-corrected chi connectivity index (χ4v) is 2.16. The van der Waals surface area contributed by atoms with E-state index in [1.54, 1.807) is 6.29 Å². The Kier molecular flexibility index (Phi) is 13.8. The Morgan fingerprint density at radius 3 is 2.28 bits per heavy atom. The van der Waals surface area contributed by atoms with Crippen molar-refractivity contribution < 1.29 is 14.6 Å². The van der Waals surface area contributed by atoms with Crippen LogP contribution < -0.4 is 0 Å². The molecule has 0 amide bonds. The smallest absolute Gasteiger partial charge is 0.246 e. The van der Waals surface area contributed by atoms with E-state index >= 15 is 0 Å². The zero-order valence-electron chi connectivity index (χ0n) is 14.8. The highest BCUT2D eigenvalue weighted by Crippen LogP contribution is 2.14. The minimum absolute atomic E-state index is 0.0428. The van der Waals surface area contributed by atoms with Crippen molar-refractivity contribution in [2.24, 2.45) is 0 Å². The van der Waals surface area contributed by atoms with Crippen LogP contribution in [0.25, 0.3) is 0 Å². The Labute approximate surface area is 148 Å². The molecule has 1 radical (unpaired) electrons. The van der Waals surface area contributed by atoms with Gasteiger partial charge < -0.3 is 0 Å². The lowest BCUT2D eigenvalue weighted by atomic mass is 10.1. The number of nitrogens with zero attached hydrogens (tertiary/aromatic N) is 2. The molecule has 0 saturated carbocycles. The first-order valence-electron chi connectivity index (χ1n) is 8.69. The number of rotatable bonds is 15. The van der Waals surface area contributed by atoms with Crippen molar-refractivity contribution in [2.75, 3.05) is 0 Å². The van der Waals surface area contributed by atoms with Gasteiger partial charge in [-0.05, 0) is 44.3 Å². The molecule has 7 nitrogen and oxygen atoms in total. The predicted molar refractivity (Wildman–Crippen MR) is 96.8 cm³/mol. The summed E-state index contributed by atoms with van der Waals surface area (Å²) in [5.74, 6) is 0. The van der Waals surface area contributed by atoms with Crippen molar-refractivity contribution in [1.29, 1.82) is 0 Å². The van der Waals surface area contributed by atoms with Crippen LogP contribution in [0.4, 0.5) is 0 Å². The Bertz CT molecular complexity index is 510. The summed E-state index contributed by atoms with van der Waals surface area (Å²) >= 11 is 0. The molecule has 0 bridgehead atoms. The molecule has 0 aromatic carbocycles. The van der Waals surface area contributed by atoms with Gasteiger partial charge in [-0.25, -0.2) is 0 Å². The molecular weight excluding hydrogens is 324 g/mol.